The third kappa shape index (κ3) is 2.20. The Hall–Kier alpha value is -2.37. The Morgan fingerprint density at radius 1 is 1.38 bits per heavy atom. The number of hydrogen-bond donors (Lipinski definition) is 1. The van der Waals surface area contributed by atoms with Gasteiger partial charge < -0.3 is 14.7 Å². The van der Waals surface area contributed by atoms with E-state index in [9.17, 15) is 19.1 Å². The van der Waals surface area contributed by atoms with Crippen LogP contribution in [0.3, 0.4) is 0 Å². The number of aliphatic carboxylic acids is 1. The van der Waals surface area contributed by atoms with Crippen molar-refractivity contribution in [3.8, 4) is 5.75 Å². The number of ether oxygens (including phenoxy) is 1. The van der Waals surface area contributed by atoms with E-state index in [1.165, 1.54) is 12.1 Å². The number of nitrogens with zero attached hydrogens (tertiary/aromatic N) is 1. The number of amides is 1. The van der Waals surface area contributed by atoms with Crippen LogP contribution in [0, 0.1) is 17.2 Å². The van der Waals surface area contributed by atoms with Crippen molar-refractivity contribution >= 4 is 18.0 Å². The van der Waals surface area contributed by atoms with Crippen molar-refractivity contribution in [2.45, 2.75) is 19.3 Å². The molecule has 5 nitrogen and oxygen atoms in total. The Labute approximate surface area is 138 Å². The van der Waals surface area contributed by atoms with E-state index in [4.69, 9.17) is 4.74 Å². The summed E-state index contributed by atoms with van der Waals surface area (Å²) in [6.07, 6.45) is 4.02. The number of fused-ring (bicyclic) bond motifs is 2. The highest BCUT2D eigenvalue weighted by atomic mass is 19.1. The number of rotatable bonds is 2. The molecule has 0 radical (unpaired) electrons. The molecule has 126 valence electrons. The predicted molar refractivity (Wildman–Crippen MR) is 83.9 cm³/mol. The molecule has 0 aromatic heterocycles. The summed E-state index contributed by atoms with van der Waals surface area (Å²) >= 11 is 0. The third-order valence-electron chi connectivity index (χ3n) is 5.54. The van der Waals surface area contributed by atoms with Gasteiger partial charge in [-0.2, -0.15) is 0 Å². The molecule has 0 spiro atoms. The van der Waals surface area contributed by atoms with E-state index in [0.717, 1.165) is 12.8 Å². The maximum Gasteiger partial charge on any atom is 0.311 e. The molecule has 1 aliphatic carbocycles. The van der Waals surface area contributed by atoms with E-state index in [2.05, 4.69) is 0 Å². The Balaban J connectivity index is 1.58. The van der Waals surface area contributed by atoms with Crippen molar-refractivity contribution in [3.05, 3.63) is 35.2 Å². The minimum Gasteiger partial charge on any atom is -0.488 e. The number of benzene rings is 1. The summed E-state index contributed by atoms with van der Waals surface area (Å²) in [6, 6.07) is 4.19. The standard InChI is InChI=1S/C18H18FNO4/c19-14-3-4-15-11(7-14)6-12(9-24-15)16(21)20-8-13-2-1-5-18(13,10-20)17(22)23/h3-4,6-7,13H,1-2,5,8-10H2,(H,22,23)/t13-,18+/m0/s1. The number of carboxylic acids is 1. The van der Waals surface area contributed by atoms with Crippen LogP contribution in [0.4, 0.5) is 4.39 Å². The smallest absolute Gasteiger partial charge is 0.311 e. The van der Waals surface area contributed by atoms with Crippen molar-refractivity contribution in [2.24, 2.45) is 11.3 Å². The average Bonchev–Trinajstić information content (AvgIpc) is 3.11. The number of hydrogen-bond acceptors (Lipinski definition) is 3. The van der Waals surface area contributed by atoms with E-state index >= 15 is 0 Å². The highest BCUT2D eigenvalue weighted by molar-refractivity contribution is 5.99. The predicted octanol–water partition coefficient (Wildman–Crippen LogP) is 2.31. The summed E-state index contributed by atoms with van der Waals surface area (Å²) in [4.78, 5) is 26.1. The van der Waals surface area contributed by atoms with Gasteiger partial charge >= 0.3 is 5.97 Å². The first-order chi connectivity index (χ1) is 11.5. The molecule has 2 fully saturated rings. The van der Waals surface area contributed by atoms with Crippen molar-refractivity contribution < 1.29 is 23.8 Å². The van der Waals surface area contributed by atoms with Crippen LogP contribution in [0.1, 0.15) is 24.8 Å². The van der Waals surface area contributed by atoms with Gasteiger partial charge in [-0.1, -0.05) is 6.42 Å². The molecular weight excluding hydrogens is 313 g/mol. The second-order valence-corrected chi connectivity index (χ2v) is 6.88. The first-order valence-corrected chi connectivity index (χ1v) is 8.15. The molecule has 24 heavy (non-hydrogen) atoms. The van der Waals surface area contributed by atoms with Crippen LogP contribution in [0.2, 0.25) is 0 Å². The lowest BCUT2D eigenvalue weighted by atomic mass is 9.81. The first kappa shape index (κ1) is 15.2. The Kier molecular flexibility index (Phi) is 3.37. The summed E-state index contributed by atoms with van der Waals surface area (Å²) in [6.45, 7) is 0.844. The second-order valence-electron chi connectivity index (χ2n) is 6.88. The third-order valence-corrected chi connectivity index (χ3v) is 5.54. The van der Waals surface area contributed by atoms with Crippen LogP contribution < -0.4 is 4.74 Å². The zero-order chi connectivity index (χ0) is 16.9. The zero-order valence-electron chi connectivity index (χ0n) is 13.1. The van der Waals surface area contributed by atoms with Gasteiger partial charge in [-0.15, -0.1) is 0 Å². The molecule has 0 bridgehead atoms. The van der Waals surface area contributed by atoms with E-state index < -0.39 is 11.4 Å². The second kappa shape index (κ2) is 5.33. The van der Waals surface area contributed by atoms with Crippen LogP contribution in [0.25, 0.3) is 6.08 Å². The van der Waals surface area contributed by atoms with Crippen LogP contribution in [-0.4, -0.2) is 41.6 Å². The summed E-state index contributed by atoms with van der Waals surface area (Å²) in [5.74, 6) is -0.827. The topological polar surface area (TPSA) is 66.8 Å². The molecule has 2 atom stereocenters. The normalized spacial score (nSPS) is 28.0. The maximum atomic E-state index is 13.4. The monoisotopic (exact) mass is 331 g/mol. The average molecular weight is 331 g/mol. The van der Waals surface area contributed by atoms with E-state index in [1.54, 1.807) is 17.0 Å². The Morgan fingerprint density at radius 3 is 2.96 bits per heavy atom. The van der Waals surface area contributed by atoms with Gasteiger partial charge in [-0.25, -0.2) is 4.39 Å². The summed E-state index contributed by atoms with van der Waals surface area (Å²) in [7, 11) is 0. The molecule has 6 heteroatoms. The van der Waals surface area contributed by atoms with E-state index in [1.807, 2.05) is 0 Å². The van der Waals surface area contributed by atoms with E-state index in [-0.39, 0.29) is 30.8 Å². The minimum absolute atomic E-state index is 0.0220. The summed E-state index contributed by atoms with van der Waals surface area (Å²) in [5.41, 5.74) is 0.181. The minimum atomic E-state index is -0.804. The summed E-state index contributed by atoms with van der Waals surface area (Å²) < 4.78 is 18.9. The number of carboxylic acid groups (broad SMARTS) is 1. The van der Waals surface area contributed by atoms with Crippen LogP contribution in [0.15, 0.2) is 23.8 Å². The molecule has 1 saturated heterocycles. The lowest BCUT2D eigenvalue weighted by Gasteiger charge is -2.25. The zero-order valence-corrected chi connectivity index (χ0v) is 13.1. The largest absolute Gasteiger partial charge is 0.488 e. The first-order valence-electron chi connectivity index (χ1n) is 8.15. The molecule has 2 aliphatic heterocycles. The fourth-order valence-electron chi connectivity index (χ4n) is 4.27. The molecular formula is C18H18FNO4. The SMILES string of the molecule is O=C(C1=Cc2cc(F)ccc2OC1)N1C[C@@H]2CCC[C@@]2(C(=O)O)C1. The van der Waals surface area contributed by atoms with Gasteiger partial charge in [0.25, 0.3) is 5.91 Å². The van der Waals surface area contributed by atoms with Gasteiger partial charge in [-0.05, 0) is 43.0 Å². The fraction of sp³-hybridized carbons (Fsp3) is 0.444. The van der Waals surface area contributed by atoms with Gasteiger partial charge in [-0.3, -0.25) is 9.59 Å². The summed E-state index contributed by atoms with van der Waals surface area (Å²) in [5, 5.41) is 9.63. The van der Waals surface area contributed by atoms with Crippen LogP contribution >= 0.6 is 0 Å². The lowest BCUT2D eigenvalue weighted by Crippen LogP contribution is -2.38. The molecule has 2 heterocycles. The molecule has 1 aromatic carbocycles. The molecule has 1 amide bonds. The van der Waals surface area contributed by atoms with Gasteiger partial charge in [0.1, 0.15) is 18.2 Å². The number of halogens is 1. The molecule has 4 rings (SSSR count). The highest BCUT2D eigenvalue weighted by Gasteiger charge is 2.56. The molecule has 1 aromatic rings. The Bertz CT molecular complexity index is 759. The van der Waals surface area contributed by atoms with Crippen molar-refractivity contribution in [2.75, 3.05) is 19.7 Å². The maximum absolute atomic E-state index is 13.4. The van der Waals surface area contributed by atoms with Gasteiger partial charge in [0, 0.05) is 18.7 Å². The van der Waals surface area contributed by atoms with Gasteiger partial charge in [0.05, 0.1) is 11.0 Å². The molecule has 1 N–H and O–H groups in total. The highest BCUT2D eigenvalue weighted by Crippen LogP contribution is 2.49. The van der Waals surface area contributed by atoms with Crippen LogP contribution in [0.5, 0.6) is 5.75 Å². The van der Waals surface area contributed by atoms with Crippen molar-refractivity contribution in [3.63, 3.8) is 0 Å². The van der Waals surface area contributed by atoms with Crippen LogP contribution in [-0.2, 0) is 9.59 Å². The number of carbonyl (C=O) groups is 2. The molecule has 0 unspecified atom stereocenters. The molecule has 3 aliphatic rings. The van der Waals surface area contributed by atoms with Crippen molar-refractivity contribution in [1.29, 1.82) is 0 Å². The van der Waals surface area contributed by atoms with Gasteiger partial charge in [0.2, 0.25) is 0 Å². The quantitative estimate of drug-likeness (QED) is 0.903. The molecule has 1 saturated carbocycles. The Morgan fingerprint density at radius 2 is 2.21 bits per heavy atom. The van der Waals surface area contributed by atoms with Gasteiger partial charge in [0.15, 0.2) is 0 Å². The lowest BCUT2D eigenvalue weighted by molar-refractivity contribution is -0.149. The van der Waals surface area contributed by atoms with Crippen molar-refractivity contribution in [1.82, 2.24) is 4.90 Å². The number of likely N-dealkylation sites (tertiary alicyclic amines) is 1. The fourth-order valence-corrected chi connectivity index (χ4v) is 4.27. The number of carbonyl (C=O) groups excluding carboxylic acids is 1. The van der Waals surface area contributed by atoms with E-state index in [0.29, 0.717) is 29.9 Å².